The summed E-state index contributed by atoms with van der Waals surface area (Å²) in [5.74, 6) is -0.365. The third kappa shape index (κ3) is 4.86. The summed E-state index contributed by atoms with van der Waals surface area (Å²) < 4.78 is 40.3. The second-order valence-corrected chi connectivity index (χ2v) is 7.26. The monoisotopic (exact) mass is 362 g/mol. The minimum absolute atomic E-state index is 0.0409. The van der Waals surface area contributed by atoms with Crippen molar-refractivity contribution in [2.75, 3.05) is 0 Å². The molecule has 1 saturated heterocycles. The number of halogens is 4. The van der Waals surface area contributed by atoms with E-state index in [2.05, 4.69) is 5.43 Å². The van der Waals surface area contributed by atoms with Gasteiger partial charge < -0.3 is 0 Å². The van der Waals surface area contributed by atoms with E-state index in [1.54, 1.807) is 26.0 Å². The van der Waals surface area contributed by atoms with Crippen LogP contribution in [-0.2, 0) is 11.2 Å². The summed E-state index contributed by atoms with van der Waals surface area (Å²) in [5, 5.41) is 1.72. The predicted octanol–water partition coefficient (Wildman–Crippen LogP) is 4.50. The van der Waals surface area contributed by atoms with Gasteiger partial charge in [0.05, 0.1) is 0 Å². The van der Waals surface area contributed by atoms with Crippen LogP contribution in [0.5, 0.6) is 0 Å². The number of nitrogens with zero attached hydrogens (tertiary/aromatic N) is 1. The Hall–Kier alpha value is -1.27. The molecule has 0 aromatic heterocycles. The Bertz CT molecular complexity index is 572. The summed E-state index contributed by atoms with van der Waals surface area (Å²) in [7, 11) is 0. The number of rotatable bonds is 6. The molecule has 1 aliphatic heterocycles. The molecule has 1 heterocycles. The summed E-state index contributed by atoms with van der Waals surface area (Å²) in [6.45, 7) is 3.30. The minimum Gasteiger partial charge on any atom is -0.288 e. The first-order valence-electron chi connectivity index (χ1n) is 7.99. The third-order valence-corrected chi connectivity index (χ3v) is 4.54. The van der Waals surface area contributed by atoms with Gasteiger partial charge in [-0.05, 0) is 50.8 Å². The van der Waals surface area contributed by atoms with Crippen LogP contribution < -0.4 is 5.43 Å². The fraction of sp³-hybridized carbons (Fsp3) is 0.588. The molecule has 0 radical (unpaired) electrons. The average Bonchev–Trinajstić information content (AvgIpc) is 2.72. The van der Waals surface area contributed by atoms with Gasteiger partial charge in [0.15, 0.2) is 0 Å². The van der Waals surface area contributed by atoms with Crippen LogP contribution >= 0.6 is 11.6 Å². The first-order valence-corrected chi connectivity index (χ1v) is 8.37. The summed E-state index contributed by atoms with van der Waals surface area (Å²) in [5.41, 5.74) is 2.59. The number of aryl methyl sites for hydroxylation is 1. The van der Waals surface area contributed by atoms with Crippen LogP contribution in [0.25, 0.3) is 0 Å². The average molecular weight is 363 g/mol. The summed E-state index contributed by atoms with van der Waals surface area (Å²) in [6.07, 6.45) is -2.57. The fourth-order valence-corrected chi connectivity index (χ4v) is 3.19. The van der Waals surface area contributed by atoms with Crippen LogP contribution in [-0.4, -0.2) is 28.7 Å². The minimum atomic E-state index is -4.38. The molecule has 1 aliphatic rings. The Balaban J connectivity index is 1.93. The van der Waals surface area contributed by atoms with Gasteiger partial charge in [-0.2, -0.15) is 13.2 Å². The molecule has 1 aromatic rings. The van der Waals surface area contributed by atoms with Crippen molar-refractivity contribution < 1.29 is 18.0 Å². The Morgan fingerprint density at radius 3 is 2.38 bits per heavy atom. The summed E-state index contributed by atoms with van der Waals surface area (Å²) >= 11 is 5.81. The number of benzene rings is 1. The Labute approximate surface area is 145 Å². The molecule has 0 saturated carbocycles. The first-order chi connectivity index (χ1) is 11.1. The van der Waals surface area contributed by atoms with E-state index in [0.717, 1.165) is 10.6 Å². The fourth-order valence-electron chi connectivity index (χ4n) is 3.06. The Morgan fingerprint density at radius 1 is 1.25 bits per heavy atom. The van der Waals surface area contributed by atoms with Gasteiger partial charge in [0.1, 0.15) is 6.04 Å². The molecule has 0 aliphatic carbocycles. The van der Waals surface area contributed by atoms with Crippen molar-refractivity contribution in [3.8, 4) is 0 Å². The molecular weight excluding hydrogens is 341 g/mol. The Kier molecular flexibility index (Phi) is 5.81. The van der Waals surface area contributed by atoms with E-state index in [0.29, 0.717) is 24.3 Å². The molecule has 2 rings (SSSR count). The zero-order chi connectivity index (χ0) is 18.0. The molecule has 1 aromatic carbocycles. The van der Waals surface area contributed by atoms with Gasteiger partial charge >= 0.3 is 6.18 Å². The second-order valence-electron chi connectivity index (χ2n) is 6.82. The number of hydrogen-bond acceptors (Lipinski definition) is 2. The van der Waals surface area contributed by atoms with Gasteiger partial charge in [0, 0.05) is 17.0 Å². The molecule has 1 amide bonds. The molecular formula is C17H22ClF3N2O. The highest BCUT2D eigenvalue weighted by atomic mass is 35.5. The van der Waals surface area contributed by atoms with Crippen molar-refractivity contribution >= 4 is 17.5 Å². The topological polar surface area (TPSA) is 32.3 Å². The number of unbranched alkanes of at least 4 members (excludes halogenated alkanes) is 1. The van der Waals surface area contributed by atoms with E-state index in [4.69, 9.17) is 11.6 Å². The number of alkyl halides is 3. The van der Waals surface area contributed by atoms with Crippen molar-refractivity contribution in [2.24, 2.45) is 0 Å². The number of hydrogen-bond donors (Lipinski definition) is 1. The van der Waals surface area contributed by atoms with Crippen LogP contribution in [0, 0.1) is 0 Å². The Morgan fingerprint density at radius 2 is 1.88 bits per heavy atom. The van der Waals surface area contributed by atoms with Crippen molar-refractivity contribution in [1.82, 2.24) is 10.4 Å². The smallest absolute Gasteiger partial charge is 0.288 e. The number of carbonyl (C=O) groups is 1. The summed E-state index contributed by atoms with van der Waals surface area (Å²) in [4.78, 5) is 11.5. The summed E-state index contributed by atoms with van der Waals surface area (Å²) in [6, 6.07) is 5.65. The van der Waals surface area contributed by atoms with Crippen LogP contribution in [0.15, 0.2) is 24.3 Å². The first kappa shape index (κ1) is 19.1. The van der Waals surface area contributed by atoms with E-state index in [-0.39, 0.29) is 18.7 Å². The molecule has 1 N–H and O–H groups in total. The van der Waals surface area contributed by atoms with E-state index >= 15 is 0 Å². The highest BCUT2D eigenvalue weighted by Crippen LogP contribution is 2.35. The third-order valence-electron chi connectivity index (χ3n) is 4.29. The molecule has 24 heavy (non-hydrogen) atoms. The van der Waals surface area contributed by atoms with Gasteiger partial charge in [0.25, 0.3) is 0 Å². The zero-order valence-corrected chi connectivity index (χ0v) is 14.5. The standard InChI is InChI=1S/C17H22ClF3N2O/c1-16(2)11-15(24)22-23(16)14(17(19,20)21)6-4-3-5-12-7-9-13(18)10-8-12/h7-10,14H,3-6,11H2,1-2H3,(H,22,24)/t14-/m0/s1. The van der Waals surface area contributed by atoms with Crippen molar-refractivity contribution in [3.63, 3.8) is 0 Å². The lowest BCUT2D eigenvalue weighted by atomic mass is 9.97. The lowest BCUT2D eigenvalue weighted by molar-refractivity contribution is -0.202. The maximum Gasteiger partial charge on any atom is 0.405 e. The van der Waals surface area contributed by atoms with Crippen molar-refractivity contribution in [3.05, 3.63) is 34.9 Å². The zero-order valence-electron chi connectivity index (χ0n) is 13.8. The van der Waals surface area contributed by atoms with Gasteiger partial charge in [-0.25, -0.2) is 5.01 Å². The second kappa shape index (κ2) is 7.31. The van der Waals surface area contributed by atoms with E-state index < -0.39 is 17.8 Å². The molecule has 0 spiro atoms. The van der Waals surface area contributed by atoms with Crippen LogP contribution in [0.3, 0.4) is 0 Å². The number of hydrazine groups is 1. The maximum absolute atomic E-state index is 13.4. The lowest BCUT2D eigenvalue weighted by Crippen LogP contribution is -2.56. The SMILES string of the molecule is CC1(C)CC(=O)NN1[C@@H](CCCCc1ccc(Cl)cc1)C(F)(F)F. The van der Waals surface area contributed by atoms with Crippen LogP contribution in [0.2, 0.25) is 5.02 Å². The van der Waals surface area contributed by atoms with Crippen molar-refractivity contribution in [2.45, 2.75) is 63.7 Å². The molecule has 0 bridgehead atoms. The van der Waals surface area contributed by atoms with E-state index in [1.807, 2.05) is 12.1 Å². The molecule has 7 heteroatoms. The quantitative estimate of drug-likeness (QED) is 0.756. The molecule has 3 nitrogen and oxygen atoms in total. The molecule has 1 atom stereocenters. The number of carbonyl (C=O) groups excluding carboxylic acids is 1. The van der Waals surface area contributed by atoms with Gasteiger partial charge in [-0.3, -0.25) is 10.2 Å². The van der Waals surface area contributed by atoms with Crippen LogP contribution in [0.4, 0.5) is 13.2 Å². The highest BCUT2D eigenvalue weighted by Gasteiger charge is 2.51. The van der Waals surface area contributed by atoms with Gasteiger partial charge in [-0.15, -0.1) is 0 Å². The number of amides is 1. The van der Waals surface area contributed by atoms with Gasteiger partial charge in [0.2, 0.25) is 5.91 Å². The maximum atomic E-state index is 13.4. The largest absolute Gasteiger partial charge is 0.405 e. The lowest BCUT2D eigenvalue weighted by Gasteiger charge is -2.37. The predicted molar refractivity (Wildman–Crippen MR) is 87.5 cm³/mol. The van der Waals surface area contributed by atoms with Crippen molar-refractivity contribution in [1.29, 1.82) is 0 Å². The molecule has 0 unspecified atom stereocenters. The number of nitrogens with one attached hydrogen (secondary N) is 1. The van der Waals surface area contributed by atoms with Gasteiger partial charge in [-0.1, -0.05) is 30.2 Å². The van der Waals surface area contributed by atoms with Crippen LogP contribution in [0.1, 0.15) is 45.1 Å². The van der Waals surface area contributed by atoms with E-state index in [9.17, 15) is 18.0 Å². The molecule has 134 valence electrons. The highest BCUT2D eigenvalue weighted by molar-refractivity contribution is 6.30. The molecule has 1 fully saturated rings. The normalized spacial score (nSPS) is 19.3. The van der Waals surface area contributed by atoms with E-state index in [1.165, 1.54) is 0 Å².